The van der Waals surface area contributed by atoms with Crippen LogP contribution in [0.1, 0.15) is 0 Å². The largest absolute Gasteiger partial charge is 0.353 e. The normalized spacial score (nSPS) is 10.8. The van der Waals surface area contributed by atoms with Gasteiger partial charge >= 0.3 is 0 Å². The molecule has 0 spiro atoms. The van der Waals surface area contributed by atoms with Gasteiger partial charge in [0.25, 0.3) is 0 Å². The van der Waals surface area contributed by atoms with Gasteiger partial charge in [-0.25, -0.2) is 4.98 Å². The molecule has 27 heavy (non-hydrogen) atoms. The Labute approximate surface area is 165 Å². The molecule has 0 saturated heterocycles. The second kappa shape index (κ2) is 9.39. The number of hydrogen-bond donors (Lipinski definition) is 2. The molecule has 3 aromatic rings. The van der Waals surface area contributed by atoms with Gasteiger partial charge in [0.2, 0.25) is 5.95 Å². The number of nitrogens with zero attached hydrogens (tertiary/aromatic N) is 3. The summed E-state index contributed by atoms with van der Waals surface area (Å²) in [6.07, 6.45) is 2.07. The topological polar surface area (TPSA) is 53.1 Å². The van der Waals surface area contributed by atoms with Crippen molar-refractivity contribution in [3.8, 4) is 11.3 Å². The maximum absolute atomic E-state index is 4.69. The van der Waals surface area contributed by atoms with Crippen LogP contribution in [0.3, 0.4) is 0 Å². The van der Waals surface area contributed by atoms with E-state index >= 15 is 0 Å². The minimum atomic E-state index is 0.627. The highest BCUT2D eigenvalue weighted by Crippen LogP contribution is 2.25. The van der Waals surface area contributed by atoms with E-state index in [1.807, 2.05) is 36.4 Å². The van der Waals surface area contributed by atoms with Crippen molar-refractivity contribution in [2.24, 2.45) is 0 Å². The SMILES string of the molecule is CSc1cccc(Nc2cc(-c3ccccc3)nc(NCCN(C)C)n2)c1. The van der Waals surface area contributed by atoms with Crippen molar-refractivity contribution in [2.75, 3.05) is 44.1 Å². The molecule has 0 aliphatic rings. The van der Waals surface area contributed by atoms with Gasteiger partial charge < -0.3 is 15.5 Å². The molecule has 0 bridgehead atoms. The van der Waals surface area contributed by atoms with Gasteiger partial charge in [0.05, 0.1) is 5.69 Å². The number of likely N-dealkylation sites (N-methyl/N-ethyl adjacent to an activating group) is 1. The zero-order valence-corrected chi connectivity index (χ0v) is 16.8. The molecule has 0 fully saturated rings. The van der Waals surface area contributed by atoms with E-state index in [2.05, 4.69) is 65.1 Å². The Morgan fingerprint density at radius 3 is 2.52 bits per heavy atom. The van der Waals surface area contributed by atoms with E-state index in [-0.39, 0.29) is 0 Å². The number of benzene rings is 2. The first-order valence-electron chi connectivity index (χ1n) is 8.88. The molecular weight excluding hydrogens is 354 g/mol. The lowest BCUT2D eigenvalue weighted by atomic mass is 10.1. The van der Waals surface area contributed by atoms with E-state index in [9.17, 15) is 0 Å². The van der Waals surface area contributed by atoms with E-state index in [4.69, 9.17) is 4.98 Å². The second-order valence-electron chi connectivity index (χ2n) is 6.42. The molecule has 0 unspecified atom stereocenters. The number of nitrogens with one attached hydrogen (secondary N) is 2. The van der Waals surface area contributed by atoms with Gasteiger partial charge in [0.1, 0.15) is 5.82 Å². The third kappa shape index (κ3) is 5.70. The van der Waals surface area contributed by atoms with Gasteiger partial charge in [-0.1, -0.05) is 36.4 Å². The number of aromatic nitrogens is 2. The third-order valence-electron chi connectivity index (χ3n) is 3.98. The lowest BCUT2D eigenvalue weighted by Crippen LogP contribution is -2.21. The lowest BCUT2D eigenvalue weighted by molar-refractivity contribution is 0.425. The first kappa shape index (κ1) is 19.2. The fourth-order valence-electron chi connectivity index (χ4n) is 2.59. The maximum Gasteiger partial charge on any atom is 0.225 e. The molecule has 0 amide bonds. The molecule has 6 heteroatoms. The summed E-state index contributed by atoms with van der Waals surface area (Å²) >= 11 is 1.72. The summed E-state index contributed by atoms with van der Waals surface area (Å²) in [4.78, 5) is 12.7. The molecule has 1 aromatic heterocycles. The summed E-state index contributed by atoms with van der Waals surface area (Å²) in [5, 5.41) is 6.74. The van der Waals surface area contributed by atoms with Crippen molar-refractivity contribution in [1.29, 1.82) is 0 Å². The first-order chi connectivity index (χ1) is 13.1. The standard InChI is InChI=1S/C21H25N5S/c1-26(2)13-12-22-21-24-19(16-8-5-4-6-9-16)15-20(25-21)23-17-10-7-11-18(14-17)27-3/h4-11,14-15H,12-13H2,1-3H3,(H2,22,23,24,25). The second-order valence-corrected chi connectivity index (χ2v) is 7.29. The van der Waals surface area contributed by atoms with Crippen LogP contribution in [-0.4, -0.2) is 48.3 Å². The highest BCUT2D eigenvalue weighted by molar-refractivity contribution is 7.98. The van der Waals surface area contributed by atoms with E-state index in [1.165, 1.54) is 4.90 Å². The van der Waals surface area contributed by atoms with Crippen molar-refractivity contribution in [2.45, 2.75) is 4.90 Å². The van der Waals surface area contributed by atoms with Crippen LogP contribution in [0.25, 0.3) is 11.3 Å². The molecule has 2 N–H and O–H groups in total. The molecule has 140 valence electrons. The fourth-order valence-corrected chi connectivity index (χ4v) is 3.05. The first-order valence-corrected chi connectivity index (χ1v) is 10.1. The van der Waals surface area contributed by atoms with Crippen LogP contribution in [0, 0.1) is 0 Å². The quantitative estimate of drug-likeness (QED) is 0.559. The minimum absolute atomic E-state index is 0.627. The van der Waals surface area contributed by atoms with Crippen LogP contribution in [0.4, 0.5) is 17.5 Å². The molecule has 1 heterocycles. The van der Waals surface area contributed by atoms with Crippen LogP contribution in [0.2, 0.25) is 0 Å². The van der Waals surface area contributed by atoms with Crippen LogP contribution in [0.15, 0.2) is 65.6 Å². The predicted molar refractivity (Wildman–Crippen MR) is 116 cm³/mol. The summed E-state index contributed by atoms with van der Waals surface area (Å²) in [5.41, 5.74) is 2.97. The van der Waals surface area contributed by atoms with Gasteiger partial charge in [-0.05, 0) is 38.6 Å². The Kier molecular flexibility index (Phi) is 6.68. The van der Waals surface area contributed by atoms with Gasteiger partial charge in [0, 0.05) is 35.3 Å². The fraction of sp³-hybridized carbons (Fsp3) is 0.238. The highest BCUT2D eigenvalue weighted by atomic mass is 32.2. The van der Waals surface area contributed by atoms with Crippen molar-refractivity contribution in [3.05, 3.63) is 60.7 Å². The molecular formula is C21H25N5S. The minimum Gasteiger partial charge on any atom is -0.353 e. The van der Waals surface area contributed by atoms with Crippen molar-refractivity contribution >= 4 is 29.2 Å². The zero-order valence-electron chi connectivity index (χ0n) is 15.9. The van der Waals surface area contributed by atoms with E-state index in [0.717, 1.165) is 35.9 Å². The molecule has 5 nitrogen and oxygen atoms in total. The van der Waals surface area contributed by atoms with Crippen LogP contribution in [0.5, 0.6) is 0 Å². The van der Waals surface area contributed by atoms with E-state index in [1.54, 1.807) is 11.8 Å². The summed E-state index contributed by atoms with van der Waals surface area (Å²) in [6, 6.07) is 20.5. The van der Waals surface area contributed by atoms with E-state index < -0.39 is 0 Å². The molecule has 0 atom stereocenters. The predicted octanol–water partition coefficient (Wildman–Crippen LogP) is 4.58. The van der Waals surface area contributed by atoms with Gasteiger partial charge in [-0.2, -0.15) is 4.98 Å². The molecule has 3 rings (SSSR count). The Morgan fingerprint density at radius 1 is 0.963 bits per heavy atom. The molecule has 0 saturated carbocycles. The third-order valence-corrected chi connectivity index (χ3v) is 4.71. The summed E-state index contributed by atoms with van der Waals surface area (Å²) in [7, 11) is 4.10. The van der Waals surface area contributed by atoms with Gasteiger partial charge in [-0.3, -0.25) is 0 Å². The Morgan fingerprint density at radius 2 is 1.78 bits per heavy atom. The number of thioether (sulfide) groups is 1. The van der Waals surface area contributed by atoms with Gasteiger partial charge in [-0.15, -0.1) is 11.8 Å². The monoisotopic (exact) mass is 379 g/mol. The zero-order chi connectivity index (χ0) is 19.1. The average molecular weight is 380 g/mol. The van der Waals surface area contributed by atoms with Crippen molar-refractivity contribution in [1.82, 2.24) is 14.9 Å². The Balaban J connectivity index is 1.88. The molecule has 0 radical (unpaired) electrons. The van der Waals surface area contributed by atoms with Crippen LogP contribution < -0.4 is 10.6 Å². The maximum atomic E-state index is 4.69. The van der Waals surface area contributed by atoms with Gasteiger partial charge in [0.15, 0.2) is 0 Å². The smallest absolute Gasteiger partial charge is 0.225 e. The lowest BCUT2D eigenvalue weighted by Gasteiger charge is -2.13. The summed E-state index contributed by atoms with van der Waals surface area (Å²) in [5.74, 6) is 1.40. The van der Waals surface area contributed by atoms with Crippen molar-refractivity contribution in [3.63, 3.8) is 0 Å². The van der Waals surface area contributed by atoms with E-state index in [0.29, 0.717) is 5.95 Å². The van der Waals surface area contributed by atoms with Crippen molar-refractivity contribution < 1.29 is 0 Å². The number of hydrogen-bond acceptors (Lipinski definition) is 6. The average Bonchev–Trinajstić information content (AvgIpc) is 2.68. The van der Waals surface area contributed by atoms with Crippen LogP contribution in [-0.2, 0) is 0 Å². The Hall–Kier alpha value is -2.57. The van der Waals surface area contributed by atoms with Crippen LogP contribution >= 0.6 is 11.8 Å². The summed E-state index contributed by atoms with van der Waals surface area (Å²) in [6.45, 7) is 1.70. The Bertz CT molecular complexity index is 867. The number of anilines is 3. The summed E-state index contributed by atoms with van der Waals surface area (Å²) < 4.78 is 0. The highest BCUT2D eigenvalue weighted by Gasteiger charge is 2.07. The molecule has 2 aromatic carbocycles. The number of rotatable bonds is 8. The molecule has 0 aliphatic heterocycles. The molecule has 0 aliphatic carbocycles.